The number of carbonyl (C=O) groups is 1. The number of benzene rings is 1. The molecule has 0 spiro atoms. The van der Waals surface area contributed by atoms with E-state index in [-0.39, 0.29) is 5.91 Å². The van der Waals surface area contributed by atoms with Gasteiger partial charge < -0.3 is 9.64 Å². The first kappa shape index (κ1) is 11.0. The average molecular weight is 219 g/mol. The van der Waals surface area contributed by atoms with Crippen molar-refractivity contribution < 1.29 is 9.53 Å². The first-order valence-corrected chi connectivity index (χ1v) is 5.79. The molecule has 0 bridgehead atoms. The predicted octanol–water partition coefficient (Wildman–Crippen LogP) is 2.21. The number of carbonyl (C=O) groups excluding carboxylic acids is 1. The van der Waals surface area contributed by atoms with Gasteiger partial charge in [-0.1, -0.05) is 25.1 Å². The van der Waals surface area contributed by atoms with Crippen LogP contribution in [0.25, 0.3) is 0 Å². The van der Waals surface area contributed by atoms with Gasteiger partial charge in [-0.3, -0.25) is 4.79 Å². The van der Waals surface area contributed by atoms with Gasteiger partial charge in [-0.05, 0) is 12.5 Å². The van der Waals surface area contributed by atoms with Crippen LogP contribution in [0.5, 0.6) is 5.75 Å². The van der Waals surface area contributed by atoms with E-state index in [4.69, 9.17) is 4.74 Å². The molecule has 0 atom stereocenters. The number of para-hydroxylation sites is 1. The van der Waals surface area contributed by atoms with Gasteiger partial charge in [0.25, 0.3) is 0 Å². The SMILES string of the molecule is CCCC(=O)N1CCOc2ccccc2C1. The topological polar surface area (TPSA) is 29.5 Å². The Hall–Kier alpha value is -1.51. The molecule has 2 rings (SSSR count). The third-order valence-electron chi connectivity index (χ3n) is 2.77. The zero-order valence-electron chi connectivity index (χ0n) is 9.61. The maximum atomic E-state index is 11.8. The summed E-state index contributed by atoms with van der Waals surface area (Å²) in [5, 5.41) is 0. The van der Waals surface area contributed by atoms with Gasteiger partial charge in [0.1, 0.15) is 12.4 Å². The molecule has 1 aliphatic heterocycles. The van der Waals surface area contributed by atoms with Crippen LogP contribution in [-0.4, -0.2) is 24.0 Å². The molecule has 0 aromatic heterocycles. The fourth-order valence-electron chi connectivity index (χ4n) is 1.91. The third kappa shape index (κ3) is 2.35. The van der Waals surface area contributed by atoms with Gasteiger partial charge in [0, 0.05) is 18.5 Å². The summed E-state index contributed by atoms with van der Waals surface area (Å²) in [6.07, 6.45) is 1.53. The molecule has 0 fully saturated rings. The van der Waals surface area contributed by atoms with Gasteiger partial charge in [-0.25, -0.2) is 0 Å². The molecule has 3 heteroatoms. The molecule has 86 valence electrons. The summed E-state index contributed by atoms with van der Waals surface area (Å²) >= 11 is 0. The van der Waals surface area contributed by atoms with Crippen molar-refractivity contribution in [3.05, 3.63) is 29.8 Å². The Bertz CT molecular complexity index is 376. The van der Waals surface area contributed by atoms with Crippen LogP contribution in [0.2, 0.25) is 0 Å². The zero-order valence-corrected chi connectivity index (χ0v) is 9.61. The van der Waals surface area contributed by atoms with Crippen LogP contribution in [0.4, 0.5) is 0 Å². The second-order valence-corrected chi connectivity index (χ2v) is 4.02. The van der Waals surface area contributed by atoms with Crippen molar-refractivity contribution in [1.29, 1.82) is 0 Å². The van der Waals surface area contributed by atoms with Crippen LogP contribution >= 0.6 is 0 Å². The maximum absolute atomic E-state index is 11.8. The molecule has 0 saturated heterocycles. The van der Waals surface area contributed by atoms with E-state index in [0.717, 1.165) is 17.7 Å². The largest absolute Gasteiger partial charge is 0.491 e. The Morgan fingerprint density at radius 3 is 3.06 bits per heavy atom. The number of amides is 1. The normalized spacial score (nSPS) is 14.9. The highest BCUT2D eigenvalue weighted by Gasteiger charge is 2.18. The van der Waals surface area contributed by atoms with Gasteiger partial charge in [-0.15, -0.1) is 0 Å². The van der Waals surface area contributed by atoms with E-state index in [2.05, 4.69) is 0 Å². The molecular weight excluding hydrogens is 202 g/mol. The lowest BCUT2D eigenvalue weighted by Gasteiger charge is -2.19. The molecule has 0 N–H and O–H groups in total. The van der Waals surface area contributed by atoms with E-state index < -0.39 is 0 Å². The first-order chi connectivity index (χ1) is 7.81. The van der Waals surface area contributed by atoms with Crippen molar-refractivity contribution in [2.75, 3.05) is 13.2 Å². The summed E-state index contributed by atoms with van der Waals surface area (Å²) in [6.45, 7) is 3.98. The minimum atomic E-state index is 0.225. The standard InChI is InChI=1S/C13H17NO2/c1-2-5-13(15)14-8-9-16-12-7-4-3-6-11(12)10-14/h3-4,6-7H,2,5,8-10H2,1H3. The van der Waals surface area contributed by atoms with E-state index in [1.54, 1.807) is 0 Å². The van der Waals surface area contributed by atoms with Crippen LogP contribution in [0.1, 0.15) is 25.3 Å². The van der Waals surface area contributed by atoms with E-state index in [1.165, 1.54) is 0 Å². The number of rotatable bonds is 2. The smallest absolute Gasteiger partial charge is 0.222 e. The minimum Gasteiger partial charge on any atom is -0.491 e. The lowest BCUT2D eigenvalue weighted by molar-refractivity contribution is -0.131. The highest BCUT2D eigenvalue weighted by molar-refractivity contribution is 5.76. The average Bonchev–Trinajstić information content (AvgIpc) is 2.51. The summed E-state index contributed by atoms with van der Waals surface area (Å²) in [6, 6.07) is 7.92. The van der Waals surface area contributed by atoms with E-state index in [1.807, 2.05) is 36.1 Å². The van der Waals surface area contributed by atoms with E-state index in [0.29, 0.717) is 26.1 Å². The Labute approximate surface area is 96.0 Å². The fraction of sp³-hybridized carbons (Fsp3) is 0.462. The van der Waals surface area contributed by atoms with Gasteiger partial charge in [0.05, 0.1) is 6.54 Å². The zero-order chi connectivity index (χ0) is 11.4. The Morgan fingerprint density at radius 1 is 1.44 bits per heavy atom. The number of fused-ring (bicyclic) bond motifs is 1. The Morgan fingerprint density at radius 2 is 2.25 bits per heavy atom. The summed E-state index contributed by atoms with van der Waals surface area (Å²) in [5.41, 5.74) is 1.10. The van der Waals surface area contributed by atoms with Crippen LogP contribution in [0, 0.1) is 0 Å². The molecule has 1 aromatic rings. The van der Waals surface area contributed by atoms with Crippen LogP contribution < -0.4 is 4.74 Å². The minimum absolute atomic E-state index is 0.225. The maximum Gasteiger partial charge on any atom is 0.222 e. The molecule has 1 heterocycles. The molecule has 0 saturated carbocycles. The molecule has 1 amide bonds. The van der Waals surface area contributed by atoms with Crippen molar-refractivity contribution >= 4 is 5.91 Å². The highest BCUT2D eigenvalue weighted by atomic mass is 16.5. The molecule has 1 aromatic carbocycles. The van der Waals surface area contributed by atoms with E-state index in [9.17, 15) is 4.79 Å². The van der Waals surface area contributed by atoms with Crippen molar-refractivity contribution in [2.45, 2.75) is 26.3 Å². The Balaban J connectivity index is 2.13. The number of hydrogen-bond acceptors (Lipinski definition) is 2. The monoisotopic (exact) mass is 219 g/mol. The fourth-order valence-corrected chi connectivity index (χ4v) is 1.91. The summed E-state index contributed by atoms with van der Waals surface area (Å²) in [7, 11) is 0. The number of ether oxygens (including phenoxy) is 1. The van der Waals surface area contributed by atoms with Crippen molar-refractivity contribution in [3.63, 3.8) is 0 Å². The summed E-state index contributed by atoms with van der Waals surface area (Å²) in [5.74, 6) is 1.14. The lowest BCUT2D eigenvalue weighted by Crippen LogP contribution is -2.32. The van der Waals surface area contributed by atoms with Crippen LogP contribution in [-0.2, 0) is 11.3 Å². The molecule has 1 aliphatic rings. The number of hydrogen-bond donors (Lipinski definition) is 0. The molecular formula is C13H17NO2. The quantitative estimate of drug-likeness (QED) is 0.763. The first-order valence-electron chi connectivity index (χ1n) is 5.79. The van der Waals surface area contributed by atoms with Gasteiger partial charge in [-0.2, -0.15) is 0 Å². The van der Waals surface area contributed by atoms with Gasteiger partial charge >= 0.3 is 0 Å². The van der Waals surface area contributed by atoms with Crippen LogP contribution in [0.3, 0.4) is 0 Å². The molecule has 16 heavy (non-hydrogen) atoms. The summed E-state index contributed by atoms with van der Waals surface area (Å²) in [4.78, 5) is 13.7. The third-order valence-corrected chi connectivity index (χ3v) is 2.77. The second-order valence-electron chi connectivity index (χ2n) is 4.02. The van der Waals surface area contributed by atoms with Gasteiger partial charge in [0.15, 0.2) is 0 Å². The molecule has 0 radical (unpaired) electrons. The summed E-state index contributed by atoms with van der Waals surface area (Å²) < 4.78 is 5.61. The lowest BCUT2D eigenvalue weighted by atomic mass is 10.2. The predicted molar refractivity (Wildman–Crippen MR) is 62.3 cm³/mol. The highest BCUT2D eigenvalue weighted by Crippen LogP contribution is 2.22. The molecule has 0 unspecified atom stereocenters. The molecule has 0 aliphatic carbocycles. The van der Waals surface area contributed by atoms with E-state index >= 15 is 0 Å². The van der Waals surface area contributed by atoms with Crippen molar-refractivity contribution in [3.8, 4) is 5.75 Å². The Kier molecular flexibility index (Phi) is 3.44. The van der Waals surface area contributed by atoms with Gasteiger partial charge in [0.2, 0.25) is 5.91 Å². The van der Waals surface area contributed by atoms with Crippen LogP contribution in [0.15, 0.2) is 24.3 Å². The van der Waals surface area contributed by atoms with Crippen molar-refractivity contribution in [1.82, 2.24) is 4.90 Å². The second kappa shape index (κ2) is 5.01. The van der Waals surface area contributed by atoms with Crippen molar-refractivity contribution in [2.24, 2.45) is 0 Å². The number of nitrogens with zero attached hydrogens (tertiary/aromatic N) is 1. The molecule has 3 nitrogen and oxygen atoms in total.